The van der Waals surface area contributed by atoms with Gasteiger partial charge in [0, 0.05) is 17.9 Å². The maximum absolute atomic E-state index is 12.8. The summed E-state index contributed by atoms with van der Waals surface area (Å²) in [6.45, 7) is 0.754. The van der Waals surface area contributed by atoms with Gasteiger partial charge in [0.2, 0.25) is 0 Å². The molecule has 2 saturated heterocycles. The van der Waals surface area contributed by atoms with E-state index in [1.807, 2.05) is 23.1 Å². The predicted molar refractivity (Wildman–Crippen MR) is 112 cm³/mol. The number of hydrogen-bond acceptors (Lipinski definition) is 5. The number of amides is 3. The quantitative estimate of drug-likeness (QED) is 0.592. The zero-order valence-electron chi connectivity index (χ0n) is 18.4. The Kier molecular flexibility index (Phi) is 4.99. The molecule has 0 radical (unpaired) electrons. The molecule has 4 atom stereocenters. The first-order valence-corrected chi connectivity index (χ1v) is 11.4. The van der Waals surface area contributed by atoms with Gasteiger partial charge in [0.15, 0.2) is 0 Å². The number of rotatable bonds is 4. The molecule has 3 N–H and O–H groups in total. The second-order valence-electron chi connectivity index (χ2n) is 9.92. The molecule has 2 bridgehead atoms. The van der Waals surface area contributed by atoms with E-state index in [0.717, 1.165) is 11.1 Å². The normalized spacial score (nSPS) is 35.6. The van der Waals surface area contributed by atoms with E-state index in [9.17, 15) is 27.9 Å². The van der Waals surface area contributed by atoms with Crippen LogP contribution >= 0.6 is 0 Å². The van der Waals surface area contributed by atoms with Crippen molar-refractivity contribution in [1.82, 2.24) is 15.5 Å². The average molecular weight is 467 g/mol. The number of aliphatic hydroxyl groups is 1. The van der Waals surface area contributed by atoms with Gasteiger partial charge in [-0.1, -0.05) is 6.07 Å². The number of piperidine rings is 1. The van der Waals surface area contributed by atoms with Crippen LogP contribution in [-0.4, -0.2) is 65.5 Å². The highest BCUT2D eigenvalue weighted by Crippen LogP contribution is 2.60. The first-order chi connectivity index (χ1) is 15.5. The zero-order chi connectivity index (χ0) is 23.6. The molecule has 3 fully saturated rings. The number of likely N-dealkylation sites (tertiary alicyclic amines) is 1. The second kappa shape index (κ2) is 7.33. The summed E-state index contributed by atoms with van der Waals surface area (Å²) in [6, 6.07) is 4.79. The summed E-state index contributed by atoms with van der Waals surface area (Å²) in [5.41, 5.74) is -1.27. The van der Waals surface area contributed by atoms with Gasteiger partial charge in [-0.3, -0.25) is 15.0 Å². The molecular weight excluding hydrogens is 439 g/mol. The summed E-state index contributed by atoms with van der Waals surface area (Å²) < 4.78 is 43.7. The minimum atomic E-state index is -4.21. The van der Waals surface area contributed by atoms with Gasteiger partial charge in [-0.25, -0.2) is 4.79 Å². The van der Waals surface area contributed by atoms with Gasteiger partial charge in [-0.05, 0) is 74.9 Å². The fourth-order valence-corrected chi connectivity index (χ4v) is 6.84. The van der Waals surface area contributed by atoms with Crippen LogP contribution in [0.1, 0.15) is 49.7 Å². The third-order valence-electron chi connectivity index (χ3n) is 8.35. The maximum Gasteiger partial charge on any atom is 0.389 e. The molecular formula is C23H28F3N3O4. The first-order valence-electron chi connectivity index (χ1n) is 11.4. The van der Waals surface area contributed by atoms with Crippen LogP contribution in [0.25, 0.3) is 0 Å². The largest absolute Gasteiger partial charge is 0.497 e. The maximum atomic E-state index is 12.8. The van der Waals surface area contributed by atoms with E-state index < -0.39 is 35.2 Å². The minimum Gasteiger partial charge on any atom is -0.497 e. The highest BCUT2D eigenvalue weighted by molar-refractivity contribution is 6.07. The number of carbonyl (C=O) groups is 2. The van der Waals surface area contributed by atoms with Crippen molar-refractivity contribution in [3.63, 3.8) is 0 Å². The van der Waals surface area contributed by atoms with E-state index in [2.05, 4.69) is 10.6 Å². The van der Waals surface area contributed by atoms with Gasteiger partial charge in [-0.2, -0.15) is 13.2 Å². The molecule has 33 heavy (non-hydrogen) atoms. The Hall–Kier alpha value is -2.33. The Balaban J connectivity index is 1.55. The van der Waals surface area contributed by atoms with Crippen molar-refractivity contribution in [3.05, 3.63) is 29.3 Å². The molecule has 1 aromatic carbocycles. The number of halogens is 3. The monoisotopic (exact) mass is 467 g/mol. The Morgan fingerprint density at radius 3 is 2.70 bits per heavy atom. The lowest BCUT2D eigenvalue weighted by Crippen LogP contribution is -2.76. The third-order valence-corrected chi connectivity index (χ3v) is 8.35. The molecule has 180 valence electrons. The van der Waals surface area contributed by atoms with Gasteiger partial charge in [0.05, 0.1) is 12.7 Å². The molecule has 5 rings (SSSR count). The van der Waals surface area contributed by atoms with Crippen molar-refractivity contribution < 1.29 is 32.6 Å². The molecule has 2 aliphatic carbocycles. The van der Waals surface area contributed by atoms with Crippen LogP contribution in [0.3, 0.4) is 0 Å². The van der Waals surface area contributed by atoms with Gasteiger partial charge in [0.25, 0.3) is 5.91 Å². The fraction of sp³-hybridized carbons (Fsp3) is 0.652. The van der Waals surface area contributed by atoms with E-state index in [-0.39, 0.29) is 44.2 Å². The molecule has 7 nitrogen and oxygen atoms in total. The van der Waals surface area contributed by atoms with Crippen molar-refractivity contribution in [2.24, 2.45) is 0 Å². The molecule has 1 spiro atoms. The third kappa shape index (κ3) is 3.32. The van der Waals surface area contributed by atoms with Crippen LogP contribution in [0.2, 0.25) is 0 Å². The summed E-state index contributed by atoms with van der Waals surface area (Å²) in [4.78, 5) is 26.8. The molecule has 0 aromatic heterocycles. The molecule has 4 aliphatic rings. The average Bonchev–Trinajstić information content (AvgIpc) is 3.01. The Morgan fingerprint density at radius 1 is 1.24 bits per heavy atom. The number of benzene rings is 1. The van der Waals surface area contributed by atoms with Crippen molar-refractivity contribution in [1.29, 1.82) is 0 Å². The van der Waals surface area contributed by atoms with Crippen molar-refractivity contribution in [2.75, 3.05) is 20.2 Å². The van der Waals surface area contributed by atoms with Gasteiger partial charge < -0.3 is 15.2 Å². The smallest absolute Gasteiger partial charge is 0.389 e. The Labute approximate surface area is 189 Å². The van der Waals surface area contributed by atoms with Crippen LogP contribution < -0.4 is 15.4 Å². The van der Waals surface area contributed by atoms with E-state index in [1.165, 1.54) is 0 Å². The number of ether oxygens (including phenoxy) is 1. The molecule has 1 saturated carbocycles. The summed E-state index contributed by atoms with van der Waals surface area (Å²) in [7, 11) is 1.56. The molecule has 3 amide bonds. The predicted octanol–water partition coefficient (Wildman–Crippen LogP) is 2.40. The number of nitrogens with zero attached hydrogens (tertiary/aromatic N) is 1. The summed E-state index contributed by atoms with van der Waals surface area (Å²) in [6.07, 6.45) is -3.35. The number of urea groups is 1. The first kappa shape index (κ1) is 22.5. The van der Waals surface area contributed by atoms with Crippen LogP contribution in [-0.2, 0) is 16.6 Å². The number of methoxy groups -OCH3 is 1. The summed E-state index contributed by atoms with van der Waals surface area (Å²) >= 11 is 0. The van der Waals surface area contributed by atoms with Crippen LogP contribution in [0, 0.1) is 0 Å². The molecule has 10 heteroatoms. The van der Waals surface area contributed by atoms with Crippen LogP contribution in [0.15, 0.2) is 18.2 Å². The highest BCUT2D eigenvalue weighted by Gasteiger charge is 2.69. The molecule has 4 unspecified atom stereocenters. The van der Waals surface area contributed by atoms with Crippen molar-refractivity contribution in [2.45, 2.75) is 73.7 Å². The molecule has 1 aromatic rings. The van der Waals surface area contributed by atoms with Crippen molar-refractivity contribution in [3.8, 4) is 5.75 Å². The van der Waals surface area contributed by atoms with Crippen LogP contribution in [0.5, 0.6) is 5.75 Å². The summed E-state index contributed by atoms with van der Waals surface area (Å²) in [5, 5.41) is 17.4. The number of nitrogens with one attached hydrogen (secondary N) is 2. The van der Waals surface area contributed by atoms with Gasteiger partial charge in [-0.15, -0.1) is 0 Å². The molecule has 2 aliphatic heterocycles. The van der Waals surface area contributed by atoms with E-state index in [1.54, 1.807) is 7.11 Å². The lowest BCUT2D eigenvalue weighted by atomic mass is 9.46. The Morgan fingerprint density at radius 2 is 2.03 bits per heavy atom. The van der Waals surface area contributed by atoms with E-state index in [4.69, 9.17) is 4.74 Å². The number of hydrogen-bond donors (Lipinski definition) is 3. The lowest BCUT2D eigenvalue weighted by molar-refractivity contribution is -0.181. The summed E-state index contributed by atoms with van der Waals surface area (Å²) in [5.74, 6) is 0.249. The SMILES string of the molecule is COc1ccc2c(c1)C13CCN(CCCC(F)(F)F)C(C2)C1(O)CCC1(C3)NC(=O)NC1=O. The number of alkyl halides is 3. The standard InChI is InChI=1S/C23H28F3N3O4/c1-33-15-4-3-14-11-17-22(32)7-6-21(18(30)27-19(31)28-21)13-20(22,16(14)12-15)8-10-29(17)9-2-5-23(24,25)26/h3-4,12,17,32H,2,5-11,13H2,1H3,(H2,27,28,30,31). The van der Waals surface area contributed by atoms with Gasteiger partial charge in [0.1, 0.15) is 11.3 Å². The van der Waals surface area contributed by atoms with Crippen molar-refractivity contribution >= 4 is 11.9 Å². The number of carbonyl (C=O) groups excluding carboxylic acids is 2. The second-order valence-corrected chi connectivity index (χ2v) is 9.92. The zero-order valence-corrected chi connectivity index (χ0v) is 18.4. The topological polar surface area (TPSA) is 90.9 Å². The number of fused-ring (bicyclic) bond motifs is 1. The fourth-order valence-electron chi connectivity index (χ4n) is 6.84. The van der Waals surface area contributed by atoms with E-state index in [0.29, 0.717) is 25.1 Å². The van der Waals surface area contributed by atoms with Gasteiger partial charge >= 0.3 is 12.2 Å². The molecule has 2 heterocycles. The highest BCUT2D eigenvalue weighted by atomic mass is 19.4. The van der Waals surface area contributed by atoms with E-state index >= 15 is 0 Å². The number of imide groups is 1. The Bertz CT molecular complexity index is 1000. The van der Waals surface area contributed by atoms with Crippen LogP contribution in [0.4, 0.5) is 18.0 Å². The lowest BCUT2D eigenvalue weighted by Gasteiger charge is -2.65. The minimum absolute atomic E-state index is 0.0268.